The van der Waals surface area contributed by atoms with E-state index in [1.54, 1.807) is 24.3 Å². The molecule has 7 heteroatoms. The Labute approximate surface area is 207 Å². The van der Waals surface area contributed by atoms with E-state index in [9.17, 15) is 14.4 Å². The first-order chi connectivity index (χ1) is 15.0. The molecule has 0 aliphatic carbocycles. The topological polar surface area (TPSA) is 62.1 Å². The minimum Gasteiger partial charge on any atom is -0.487 e. The Hall–Kier alpha value is -2.45. The van der Waals surface area contributed by atoms with Crippen LogP contribution in [0.3, 0.4) is 0 Å². The van der Waals surface area contributed by atoms with E-state index in [2.05, 4.69) is 50.5 Å². The lowest BCUT2D eigenvalue weighted by Gasteiger charge is -2.12. The highest BCUT2D eigenvalue weighted by molar-refractivity contribution is 14.1. The normalized spacial score (nSPS) is 11.0. The van der Waals surface area contributed by atoms with Crippen molar-refractivity contribution in [2.45, 2.75) is 13.2 Å². The van der Waals surface area contributed by atoms with Crippen LogP contribution in [0.4, 0.5) is 4.39 Å². The lowest BCUT2D eigenvalue weighted by atomic mass is 10.1. The second-order valence-corrected chi connectivity index (χ2v) is 8.86. The monoisotopic (exact) mass is 638 g/mol. The van der Waals surface area contributed by atoms with Crippen LogP contribution in [0.25, 0.3) is 6.08 Å². The van der Waals surface area contributed by atoms with Gasteiger partial charge in [-0.05, 0) is 80.6 Å². The van der Waals surface area contributed by atoms with Gasteiger partial charge in [-0.1, -0.05) is 48.5 Å². The van der Waals surface area contributed by atoms with E-state index in [1.165, 1.54) is 6.07 Å². The number of amides is 1. The first kappa shape index (κ1) is 23.2. The molecule has 0 saturated heterocycles. The summed E-state index contributed by atoms with van der Waals surface area (Å²) in [6, 6.07) is 21.6. The summed E-state index contributed by atoms with van der Waals surface area (Å²) in [5, 5.41) is 12.2. The molecule has 3 rings (SSSR count). The van der Waals surface area contributed by atoms with Crippen molar-refractivity contribution in [1.82, 2.24) is 5.32 Å². The minimum absolute atomic E-state index is 0.0163. The second-order valence-electron chi connectivity index (χ2n) is 6.53. The van der Waals surface area contributed by atoms with Gasteiger partial charge in [-0.2, -0.15) is 5.26 Å². The molecule has 156 valence electrons. The Morgan fingerprint density at radius 2 is 1.71 bits per heavy atom. The van der Waals surface area contributed by atoms with Gasteiger partial charge in [0.2, 0.25) is 0 Å². The van der Waals surface area contributed by atoms with E-state index >= 15 is 0 Å². The maximum absolute atomic E-state index is 13.8. The number of nitriles is 1. The van der Waals surface area contributed by atoms with Crippen LogP contribution in [0, 0.1) is 24.3 Å². The molecule has 3 aromatic rings. The Morgan fingerprint density at radius 3 is 2.35 bits per heavy atom. The van der Waals surface area contributed by atoms with Crippen LogP contribution in [-0.4, -0.2) is 5.91 Å². The Balaban J connectivity index is 1.72. The van der Waals surface area contributed by atoms with Crippen molar-refractivity contribution < 1.29 is 13.9 Å². The van der Waals surface area contributed by atoms with Crippen LogP contribution in [0.1, 0.15) is 16.7 Å². The van der Waals surface area contributed by atoms with Gasteiger partial charge in [0.1, 0.15) is 29.8 Å². The van der Waals surface area contributed by atoms with Gasteiger partial charge >= 0.3 is 0 Å². The maximum Gasteiger partial charge on any atom is 0.262 e. The summed E-state index contributed by atoms with van der Waals surface area (Å²) >= 11 is 4.25. The van der Waals surface area contributed by atoms with Crippen molar-refractivity contribution in [3.8, 4) is 11.8 Å². The number of hydrogen-bond acceptors (Lipinski definition) is 3. The zero-order valence-corrected chi connectivity index (χ0v) is 20.6. The molecule has 0 aliphatic rings. The summed E-state index contributed by atoms with van der Waals surface area (Å²) in [5.41, 5.74) is 2.15. The number of hydrogen-bond donors (Lipinski definition) is 1. The highest BCUT2D eigenvalue weighted by atomic mass is 127. The zero-order valence-electron chi connectivity index (χ0n) is 16.2. The number of halogens is 3. The number of nitrogens with zero attached hydrogens (tertiary/aromatic N) is 1. The Morgan fingerprint density at radius 1 is 1.06 bits per heavy atom. The number of carbonyl (C=O) groups is 1. The van der Waals surface area contributed by atoms with Crippen molar-refractivity contribution in [2.75, 3.05) is 0 Å². The number of rotatable bonds is 7. The Bertz CT molecular complexity index is 1130. The highest BCUT2D eigenvalue weighted by Gasteiger charge is 2.13. The van der Waals surface area contributed by atoms with Crippen LogP contribution in [0.2, 0.25) is 0 Å². The molecule has 0 aliphatic heterocycles. The molecular formula is C24H17FI2N2O2. The molecule has 1 N–H and O–H groups in total. The predicted molar refractivity (Wildman–Crippen MR) is 134 cm³/mol. The molecule has 0 radical (unpaired) electrons. The molecule has 0 aromatic heterocycles. The van der Waals surface area contributed by atoms with Crippen LogP contribution in [0.15, 0.2) is 72.3 Å². The van der Waals surface area contributed by atoms with Gasteiger partial charge in [0.15, 0.2) is 0 Å². The minimum atomic E-state index is -0.434. The fourth-order valence-electron chi connectivity index (χ4n) is 2.75. The first-order valence-corrected chi connectivity index (χ1v) is 11.4. The van der Waals surface area contributed by atoms with Gasteiger partial charge in [0.05, 0.1) is 7.14 Å². The molecule has 0 fully saturated rings. The van der Waals surface area contributed by atoms with Crippen molar-refractivity contribution in [3.63, 3.8) is 0 Å². The van der Waals surface area contributed by atoms with Crippen LogP contribution in [0.5, 0.6) is 5.75 Å². The van der Waals surface area contributed by atoms with E-state index in [1.807, 2.05) is 48.5 Å². The maximum atomic E-state index is 13.8. The van der Waals surface area contributed by atoms with Gasteiger partial charge in [0.25, 0.3) is 5.91 Å². The first-order valence-electron chi connectivity index (χ1n) is 9.27. The molecule has 0 spiro atoms. The van der Waals surface area contributed by atoms with Gasteiger partial charge in [0, 0.05) is 12.1 Å². The smallest absolute Gasteiger partial charge is 0.262 e. The lowest BCUT2D eigenvalue weighted by Crippen LogP contribution is -2.23. The molecule has 0 bridgehead atoms. The van der Waals surface area contributed by atoms with Crippen molar-refractivity contribution in [1.29, 1.82) is 5.26 Å². The third kappa shape index (κ3) is 6.51. The van der Waals surface area contributed by atoms with E-state index < -0.39 is 5.91 Å². The molecule has 0 saturated carbocycles. The average molecular weight is 638 g/mol. The highest BCUT2D eigenvalue weighted by Crippen LogP contribution is 2.30. The molecule has 0 unspecified atom stereocenters. The zero-order chi connectivity index (χ0) is 22.2. The molecule has 0 heterocycles. The number of benzene rings is 3. The SMILES string of the molecule is N#C/C(=C/c1cc(I)c(OCc2ccccc2F)c(I)c1)C(=O)NCc1ccccc1. The standard InChI is InChI=1S/C24H17FI2N2O2/c25-20-9-5-4-8-18(20)15-31-23-21(26)11-17(12-22(23)27)10-19(13-28)24(30)29-14-16-6-2-1-3-7-16/h1-12H,14-15H2,(H,29,30)/b19-10-. The van der Waals surface area contributed by atoms with E-state index in [4.69, 9.17) is 4.74 Å². The van der Waals surface area contributed by atoms with Crippen molar-refractivity contribution >= 4 is 57.2 Å². The third-order valence-corrected chi connectivity index (χ3v) is 5.93. The van der Waals surface area contributed by atoms with Crippen molar-refractivity contribution in [2.24, 2.45) is 0 Å². The molecule has 0 atom stereocenters. The van der Waals surface area contributed by atoms with Gasteiger partial charge in [-0.15, -0.1) is 0 Å². The number of carbonyl (C=O) groups excluding carboxylic acids is 1. The quantitative estimate of drug-likeness (QED) is 0.201. The largest absolute Gasteiger partial charge is 0.487 e. The number of ether oxygens (including phenoxy) is 1. The number of nitrogens with one attached hydrogen (secondary N) is 1. The molecule has 3 aromatic carbocycles. The summed E-state index contributed by atoms with van der Waals surface area (Å²) in [6.45, 7) is 0.454. The fraction of sp³-hybridized carbons (Fsp3) is 0.0833. The van der Waals surface area contributed by atoms with Gasteiger partial charge in [-0.3, -0.25) is 4.79 Å². The van der Waals surface area contributed by atoms with Gasteiger partial charge in [-0.25, -0.2) is 4.39 Å². The van der Waals surface area contributed by atoms with Gasteiger partial charge < -0.3 is 10.1 Å². The average Bonchev–Trinajstić information content (AvgIpc) is 2.77. The van der Waals surface area contributed by atoms with E-state index in [0.717, 1.165) is 12.7 Å². The summed E-state index contributed by atoms with van der Waals surface area (Å²) in [6.07, 6.45) is 1.55. The fourth-order valence-corrected chi connectivity index (χ4v) is 4.88. The summed E-state index contributed by atoms with van der Waals surface area (Å²) in [7, 11) is 0. The van der Waals surface area contributed by atoms with Crippen LogP contribution < -0.4 is 10.1 Å². The van der Waals surface area contributed by atoms with Crippen LogP contribution >= 0.6 is 45.2 Å². The molecule has 1 amide bonds. The van der Waals surface area contributed by atoms with E-state index in [0.29, 0.717) is 23.4 Å². The van der Waals surface area contributed by atoms with Crippen LogP contribution in [-0.2, 0) is 17.9 Å². The molecule has 4 nitrogen and oxygen atoms in total. The molecular weight excluding hydrogens is 621 g/mol. The summed E-state index contributed by atoms with van der Waals surface area (Å²) in [5.74, 6) is -0.114. The van der Waals surface area contributed by atoms with Crippen molar-refractivity contribution in [3.05, 3.63) is 102 Å². The third-order valence-electron chi connectivity index (χ3n) is 4.32. The lowest BCUT2D eigenvalue weighted by molar-refractivity contribution is -0.117. The Kier molecular flexibility index (Phi) is 8.43. The second kappa shape index (κ2) is 11.2. The summed E-state index contributed by atoms with van der Waals surface area (Å²) in [4.78, 5) is 12.4. The predicted octanol–water partition coefficient (Wildman–Crippen LogP) is 5.84. The van der Waals surface area contributed by atoms with E-state index in [-0.39, 0.29) is 18.0 Å². The summed E-state index contributed by atoms with van der Waals surface area (Å²) < 4.78 is 21.3. The molecule has 31 heavy (non-hydrogen) atoms.